The molecule has 0 bridgehead atoms. The van der Waals surface area contributed by atoms with Crippen molar-refractivity contribution in [2.45, 2.75) is 0 Å². The zero-order valence-electron chi connectivity index (χ0n) is 16.1. The molecule has 0 saturated heterocycles. The van der Waals surface area contributed by atoms with Crippen LogP contribution in [-0.4, -0.2) is 24.9 Å². The minimum Gasteiger partial charge on any atom is -0.264 e. The van der Waals surface area contributed by atoms with Gasteiger partial charge in [-0.05, 0) is 35.4 Å². The maximum atomic E-state index is 4.73. The molecule has 0 unspecified atom stereocenters. The monoisotopic (exact) mass is 387 g/mol. The standard InChI is InChI=1S/C25H17N5/c1-5-18(22-9-3-11-26-15-22)13-20(7-1)24-28-17-29-25(30-24)21-8-2-6-19(14-21)23-10-4-12-27-16-23/h1-17H. The predicted molar refractivity (Wildman–Crippen MR) is 117 cm³/mol. The fourth-order valence-corrected chi connectivity index (χ4v) is 3.32. The van der Waals surface area contributed by atoms with E-state index in [-0.39, 0.29) is 0 Å². The number of rotatable bonds is 4. The van der Waals surface area contributed by atoms with Gasteiger partial charge in [0.1, 0.15) is 6.33 Å². The van der Waals surface area contributed by atoms with Gasteiger partial charge < -0.3 is 0 Å². The van der Waals surface area contributed by atoms with E-state index < -0.39 is 0 Å². The van der Waals surface area contributed by atoms with E-state index in [9.17, 15) is 0 Å². The number of aromatic nitrogens is 5. The van der Waals surface area contributed by atoms with Crippen molar-refractivity contribution in [2.75, 3.05) is 0 Å². The normalized spacial score (nSPS) is 10.7. The van der Waals surface area contributed by atoms with Crippen molar-refractivity contribution >= 4 is 0 Å². The van der Waals surface area contributed by atoms with Crippen molar-refractivity contribution in [1.82, 2.24) is 24.9 Å². The van der Waals surface area contributed by atoms with Gasteiger partial charge in [-0.25, -0.2) is 15.0 Å². The molecular formula is C25H17N5. The first-order chi connectivity index (χ1) is 14.9. The van der Waals surface area contributed by atoms with Crippen LogP contribution in [0.25, 0.3) is 45.0 Å². The molecule has 0 amide bonds. The molecule has 5 heteroatoms. The fourth-order valence-electron chi connectivity index (χ4n) is 3.32. The Bertz CT molecular complexity index is 1190. The third-order valence-corrected chi connectivity index (χ3v) is 4.80. The van der Waals surface area contributed by atoms with Crippen LogP contribution < -0.4 is 0 Å². The lowest BCUT2D eigenvalue weighted by atomic mass is 10.0. The highest BCUT2D eigenvalue weighted by Gasteiger charge is 2.09. The molecule has 0 aliphatic rings. The van der Waals surface area contributed by atoms with Gasteiger partial charge >= 0.3 is 0 Å². The Morgan fingerprint density at radius 2 is 0.933 bits per heavy atom. The first-order valence-electron chi connectivity index (χ1n) is 9.57. The molecular weight excluding hydrogens is 370 g/mol. The van der Waals surface area contributed by atoms with E-state index in [4.69, 9.17) is 4.98 Å². The predicted octanol–water partition coefficient (Wildman–Crippen LogP) is 5.33. The quantitative estimate of drug-likeness (QED) is 0.417. The van der Waals surface area contributed by atoms with E-state index >= 15 is 0 Å². The van der Waals surface area contributed by atoms with Crippen molar-refractivity contribution in [1.29, 1.82) is 0 Å². The van der Waals surface area contributed by atoms with Crippen LogP contribution in [0.5, 0.6) is 0 Å². The third kappa shape index (κ3) is 3.69. The summed E-state index contributed by atoms with van der Waals surface area (Å²) >= 11 is 0. The summed E-state index contributed by atoms with van der Waals surface area (Å²) in [6.07, 6.45) is 8.80. The Morgan fingerprint density at radius 1 is 0.467 bits per heavy atom. The molecule has 0 fully saturated rings. The average Bonchev–Trinajstić information content (AvgIpc) is 2.85. The summed E-state index contributed by atoms with van der Waals surface area (Å²) in [5.41, 5.74) is 6.12. The molecule has 0 radical (unpaired) electrons. The highest BCUT2D eigenvalue weighted by atomic mass is 15.0. The van der Waals surface area contributed by atoms with E-state index in [1.165, 1.54) is 0 Å². The molecule has 142 valence electrons. The summed E-state index contributed by atoms with van der Waals surface area (Å²) in [6, 6.07) is 24.2. The van der Waals surface area contributed by atoms with E-state index in [1.807, 2.05) is 60.9 Å². The Hall–Kier alpha value is -4.25. The van der Waals surface area contributed by atoms with Crippen LogP contribution in [0.4, 0.5) is 0 Å². The molecule has 3 heterocycles. The maximum absolute atomic E-state index is 4.73. The zero-order valence-corrected chi connectivity index (χ0v) is 16.1. The van der Waals surface area contributed by atoms with Crippen molar-refractivity contribution in [3.05, 3.63) is 104 Å². The van der Waals surface area contributed by atoms with Crippen molar-refractivity contribution < 1.29 is 0 Å². The number of hydrogen-bond donors (Lipinski definition) is 0. The van der Waals surface area contributed by atoms with Gasteiger partial charge in [0, 0.05) is 47.0 Å². The van der Waals surface area contributed by atoms with Crippen molar-refractivity contribution in [3.8, 4) is 45.0 Å². The fraction of sp³-hybridized carbons (Fsp3) is 0. The molecule has 0 spiro atoms. The summed E-state index contributed by atoms with van der Waals surface area (Å²) < 4.78 is 0. The summed E-state index contributed by atoms with van der Waals surface area (Å²) in [6.45, 7) is 0. The number of hydrogen-bond acceptors (Lipinski definition) is 5. The third-order valence-electron chi connectivity index (χ3n) is 4.80. The molecule has 0 atom stereocenters. The molecule has 5 nitrogen and oxygen atoms in total. The van der Waals surface area contributed by atoms with Crippen LogP contribution in [0.2, 0.25) is 0 Å². The van der Waals surface area contributed by atoms with Crippen molar-refractivity contribution in [2.24, 2.45) is 0 Å². The second-order valence-corrected chi connectivity index (χ2v) is 6.78. The van der Waals surface area contributed by atoms with Gasteiger partial charge in [-0.1, -0.05) is 48.5 Å². The lowest BCUT2D eigenvalue weighted by molar-refractivity contribution is 1.07. The van der Waals surface area contributed by atoms with Gasteiger partial charge in [0.05, 0.1) is 0 Å². The average molecular weight is 387 g/mol. The Balaban J connectivity index is 1.52. The van der Waals surface area contributed by atoms with Gasteiger partial charge in [-0.15, -0.1) is 0 Å². The second-order valence-electron chi connectivity index (χ2n) is 6.78. The summed E-state index contributed by atoms with van der Waals surface area (Å²) in [7, 11) is 0. The highest BCUT2D eigenvalue weighted by molar-refractivity contribution is 5.72. The largest absolute Gasteiger partial charge is 0.264 e. The lowest BCUT2D eigenvalue weighted by Crippen LogP contribution is -1.95. The Labute approximate surface area is 174 Å². The van der Waals surface area contributed by atoms with Crippen LogP contribution in [0.15, 0.2) is 104 Å². The molecule has 0 saturated carbocycles. The molecule has 5 rings (SSSR count). The molecule has 3 aromatic heterocycles. The second kappa shape index (κ2) is 8.01. The van der Waals surface area contributed by atoms with Crippen LogP contribution in [0.3, 0.4) is 0 Å². The van der Waals surface area contributed by atoms with Crippen molar-refractivity contribution in [3.63, 3.8) is 0 Å². The van der Waals surface area contributed by atoms with Gasteiger partial charge in [0.2, 0.25) is 0 Å². The van der Waals surface area contributed by atoms with Crippen LogP contribution in [0, 0.1) is 0 Å². The summed E-state index contributed by atoms with van der Waals surface area (Å²) in [5.74, 6) is 1.27. The smallest absolute Gasteiger partial charge is 0.163 e. The molecule has 30 heavy (non-hydrogen) atoms. The Kier molecular flexibility index (Phi) is 4.76. The van der Waals surface area contributed by atoms with Crippen LogP contribution >= 0.6 is 0 Å². The Morgan fingerprint density at radius 3 is 1.40 bits per heavy atom. The summed E-state index contributed by atoms with van der Waals surface area (Å²) in [4.78, 5) is 21.9. The molecule has 0 aliphatic carbocycles. The summed E-state index contributed by atoms with van der Waals surface area (Å²) in [5, 5.41) is 0. The first-order valence-corrected chi connectivity index (χ1v) is 9.57. The number of pyridine rings is 2. The van der Waals surface area contributed by atoms with Gasteiger partial charge in [-0.3, -0.25) is 9.97 Å². The molecule has 5 aromatic rings. The van der Waals surface area contributed by atoms with Gasteiger partial charge in [-0.2, -0.15) is 0 Å². The van der Waals surface area contributed by atoms with E-state index in [0.29, 0.717) is 11.6 Å². The van der Waals surface area contributed by atoms with E-state index in [1.54, 1.807) is 18.7 Å². The topological polar surface area (TPSA) is 64.5 Å². The molecule has 0 aliphatic heterocycles. The van der Waals surface area contributed by atoms with Crippen LogP contribution in [-0.2, 0) is 0 Å². The van der Waals surface area contributed by atoms with E-state index in [2.05, 4.69) is 44.2 Å². The molecule has 0 N–H and O–H groups in total. The number of benzene rings is 2. The van der Waals surface area contributed by atoms with Crippen LogP contribution in [0.1, 0.15) is 0 Å². The van der Waals surface area contributed by atoms with E-state index in [0.717, 1.165) is 33.4 Å². The highest BCUT2D eigenvalue weighted by Crippen LogP contribution is 2.27. The number of nitrogens with zero attached hydrogens (tertiary/aromatic N) is 5. The first kappa shape index (κ1) is 17.8. The minimum atomic E-state index is 0.637. The van der Waals surface area contributed by atoms with Gasteiger partial charge in [0.15, 0.2) is 11.6 Å². The SMILES string of the molecule is c1cncc(-c2cccc(-c3ncnc(-c4cccc(-c5cccnc5)c4)n3)c2)c1. The minimum absolute atomic E-state index is 0.637. The van der Waals surface area contributed by atoms with Gasteiger partial charge in [0.25, 0.3) is 0 Å². The molecule has 2 aromatic carbocycles. The lowest BCUT2D eigenvalue weighted by Gasteiger charge is -2.07. The maximum Gasteiger partial charge on any atom is 0.163 e. The zero-order chi connectivity index (χ0) is 20.2.